The van der Waals surface area contributed by atoms with Crippen LogP contribution in [0.3, 0.4) is 0 Å². The van der Waals surface area contributed by atoms with Crippen molar-refractivity contribution in [2.75, 3.05) is 37.9 Å². The van der Waals surface area contributed by atoms with Gasteiger partial charge in [-0.15, -0.1) is 0 Å². The molecule has 0 aromatic heterocycles. The highest BCUT2D eigenvalue weighted by molar-refractivity contribution is 6.00. The first-order valence-corrected chi connectivity index (χ1v) is 6.23. The average molecular weight is 265 g/mol. The normalized spacial score (nSPS) is 11.2. The summed E-state index contributed by atoms with van der Waals surface area (Å²) >= 11 is 0. The number of nitrogens with one attached hydrogen (secondary N) is 1. The number of nitrogens with zero attached hydrogens (tertiary/aromatic N) is 1. The summed E-state index contributed by atoms with van der Waals surface area (Å²) in [6.45, 7) is 4.20. The van der Waals surface area contributed by atoms with E-state index in [0.29, 0.717) is 17.8 Å². The van der Waals surface area contributed by atoms with Gasteiger partial charge in [-0.3, -0.25) is 4.79 Å². The van der Waals surface area contributed by atoms with Crippen molar-refractivity contribution in [3.8, 4) is 0 Å². The summed E-state index contributed by atoms with van der Waals surface area (Å²) < 4.78 is 0. The van der Waals surface area contributed by atoms with Gasteiger partial charge in [0.1, 0.15) is 0 Å². The Morgan fingerprint density at radius 1 is 1.42 bits per heavy atom. The quantitative estimate of drug-likeness (QED) is 0.696. The standard InChI is InChI=1S/C14H23N3O2/c1-14(2,9-18)8-16-13(19)11-7-10(15)5-6-12(11)17(3)4/h5-7,18H,8-9,15H2,1-4H3,(H,16,19). The maximum atomic E-state index is 12.2. The van der Waals surface area contributed by atoms with Crippen LogP contribution >= 0.6 is 0 Å². The number of hydrogen-bond donors (Lipinski definition) is 3. The van der Waals surface area contributed by atoms with E-state index >= 15 is 0 Å². The fourth-order valence-corrected chi connectivity index (χ4v) is 1.60. The number of carbonyl (C=O) groups excluding carboxylic acids is 1. The van der Waals surface area contributed by atoms with E-state index < -0.39 is 0 Å². The highest BCUT2D eigenvalue weighted by Gasteiger charge is 2.19. The topological polar surface area (TPSA) is 78.6 Å². The van der Waals surface area contributed by atoms with Gasteiger partial charge in [0.15, 0.2) is 0 Å². The van der Waals surface area contributed by atoms with E-state index in [0.717, 1.165) is 5.69 Å². The molecule has 0 unspecified atom stereocenters. The summed E-state index contributed by atoms with van der Waals surface area (Å²) in [6, 6.07) is 5.25. The molecule has 4 N–H and O–H groups in total. The molecule has 1 rings (SSSR count). The van der Waals surface area contributed by atoms with Gasteiger partial charge in [-0.05, 0) is 18.2 Å². The smallest absolute Gasteiger partial charge is 0.253 e. The van der Waals surface area contributed by atoms with Gasteiger partial charge in [-0.25, -0.2) is 0 Å². The van der Waals surface area contributed by atoms with Crippen molar-refractivity contribution in [1.82, 2.24) is 5.32 Å². The molecule has 19 heavy (non-hydrogen) atoms. The van der Waals surface area contributed by atoms with Crippen LogP contribution in [0.15, 0.2) is 18.2 Å². The predicted molar refractivity (Wildman–Crippen MR) is 78.4 cm³/mol. The zero-order valence-electron chi connectivity index (χ0n) is 12.0. The third-order valence-electron chi connectivity index (χ3n) is 2.90. The first kappa shape index (κ1) is 15.3. The van der Waals surface area contributed by atoms with Crippen LogP contribution in [0.5, 0.6) is 0 Å². The highest BCUT2D eigenvalue weighted by Crippen LogP contribution is 2.21. The van der Waals surface area contributed by atoms with E-state index in [4.69, 9.17) is 5.73 Å². The first-order chi connectivity index (χ1) is 8.76. The van der Waals surface area contributed by atoms with Crippen molar-refractivity contribution in [2.24, 2.45) is 5.41 Å². The molecule has 0 atom stereocenters. The SMILES string of the molecule is CN(C)c1ccc(N)cc1C(=O)NCC(C)(C)CO. The molecule has 0 aliphatic heterocycles. The summed E-state index contributed by atoms with van der Waals surface area (Å²) in [5, 5.41) is 12.0. The number of aliphatic hydroxyl groups is 1. The lowest BCUT2D eigenvalue weighted by Crippen LogP contribution is -2.36. The molecule has 1 aromatic carbocycles. The van der Waals surface area contributed by atoms with Gasteiger partial charge < -0.3 is 21.1 Å². The second-order valence-corrected chi connectivity index (χ2v) is 5.68. The molecule has 0 saturated heterocycles. The Hall–Kier alpha value is -1.75. The summed E-state index contributed by atoms with van der Waals surface area (Å²) in [7, 11) is 3.75. The molecule has 0 bridgehead atoms. The number of nitrogen functional groups attached to an aromatic ring is 1. The number of hydrogen-bond acceptors (Lipinski definition) is 4. The molecular weight excluding hydrogens is 242 g/mol. The minimum absolute atomic E-state index is 0.0186. The number of amides is 1. The van der Waals surface area contributed by atoms with E-state index in [9.17, 15) is 9.90 Å². The molecule has 1 amide bonds. The molecule has 0 aliphatic rings. The van der Waals surface area contributed by atoms with Crippen LogP contribution in [-0.4, -0.2) is 38.3 Å². The molecule has 0 spiro atoms. The highest BCUT2D eigenvalue weighted by atomic mass is 16.3. The third kappa shape index (κ3) is 4.13. The van der Waals surface area contributed by atoms with E-state index in [2.05, 4.69) is 5.32 Å². The van der Waals surface area contributed by atoms with Crippen LogP contribution < -0.4 is 16.0 Å². The van der Waals surface area contributed by atoms with Crippen molar-refractivity contribution < 1.29 is 9.90 Å². The van der Waals surface area contributed by atoms with Crippen LogP contribution in [0.1, 0.15) is 24.2 Å². The second-order valence-electron chi connectivity index (χ2n) is 5.68. The summed E-state index contributed by atoms with van der Waals surface area (Å²) in [5.74, 6) is -0.183. The summed E-state index contributed by atoms with van der Waals surface area (Å²) in [6.07, 6.45) is 0. The number of carbonyl (C=O) groups is 1. The fourth-order valence-electron chi connectivity index (χ4n) is 1.60. The zero-order chi connectivity index (χ0) is 14.6. The summed E-state index contributed by atoms with van der Waals surface area (Å²) in [5.41, 5.74) is 7.30. The molecule has 0 radical (unpaired) electrons. The van der Waals surface area contributed by atoms with Crippen LogP contribution in [0.4, 0.5) is 11.4 Å². The monoisotopic (exact) mass is 265 g/mol. The van der Waals surface area contributed by atoms with Crippen LogP contribution in [0, 0.1) is 5.41 Å². The maximum Gasteiger partial charge on any atom is 0.253 e. The Morgan fingerprint density at radius 3 is 2.58 bits per heavy atom. The zero-order valence-corrected chi connectivity index (χ0v) is 12.0. The Bertz CT molecular complexity index is 456. The minimum atomic E-state index is -0.339. The van der Waals surface area contributed by atoms with Gasteiger partial charge in [0.25, 0.3) is 5.91 Å². The van der Waals surface area contributed by atoms with Crippen molar-refractivity contribution in [2.45, 2.75) is 13.8 Å². The van der Waals surface area contributed by atoms with Crippen LogP contribution in [0.2, 0.25) is 0 Å². The third-order valence-corrected chi connectivity index (χ3v) is 2.90. The minimum Gasteiger partial charge on any atom is -0.399 e. The lowest BCUT2D eigenvalue weighted by Gasteiger charge is -2.23. The van der Waals surface area contributed by atoms with Crippen molar-refractivity contribution in [3.05, 3.63) is 23.8 Å². The number of rotatable bonds is 5. The van der Waals surface area contributed by atoms with Gasteiger partial charge >= 0.3 is 0 Å². The van der Waals surface area contributed by atoms with E-state index in [1.165, 1.54) is 0 Å². The molecular formula is C14H23N3O2. The fraction of sp³-hybridized carbons (Fsp3) is 0.500. The maximum absolute atomic E-state index is 12.2. The van der Waals surface area contributed by atoms with Crippen LogP contribution in [0.25, 0.3) is 0 Å². The molecule has 1 aromatic rings. The van der Waals surface area contributed by atoms with Gasteiger partial charge in [-0.2, -0.15) is 0 Å². The van der Waals surface area contributed by atoms with Gasteiger partial charge in [0, 0.05) is 44.0 Å². The predicted octanol–water partition coefficient (Wildman–Crippen LogP) is 1.08. The largest absolute Gasteiger partial charge is 0.399 e. The van der Waals surface area contributed by atoms with Gasteiger partial charge in [-0.1, -0.05) is 13.8 Å². The lowest BCUT2D eigenvalue weighted by molar-refractivity contribution is 0.0911. The van der Waals surface area contributed by atoms with Gasteiger partial charge in [0.2, 0.25) is 0 Å². The molecule has 0 saturated carbocycles. The molecule has 5 nitrogen and oxygen atoms in total. The second kappa shape index (κ2) is 5.93. The molecule has 0 fully saturated rings. The Morgan fingerprint density at radius 2 is 2.05 bits per heavy atom. The van der Waals surface area contributed by atoms with Crippen molar-refractivity contribution in [1.29, 1.82) is 0 Å². The Balaban J connectivity index is 2.90. The Labute approximate surface area is 114 Å². The van der Waals surface area contributed by atoms with E-state index in [-0.39, 0.29) is 17.9 Å². The van der Waals surface area contributed by atoms with Crippen LogP contribution in [-0.2, 0) is 0 Å². The van der Waals surface area contributed by atoms with Gasteiger partial charge in [0.05, 0.1) is 5.56 Å². The lowest BCUT2D eigenvalue weighted by atomic mass is 9.95. The molecule has 0 aliphatic carbocycles. The Kier molecular flexibility index (Phi) is 4.78. The summed E-state index contributed by atoms with van der Waals surface area (Å²) in [4.78, 5) is 14.1. The van der Waals surface area contributed by atoms with E-state index in [1.807, 2.05) is 38.9 Å². The average Bonchev–Trinajstić information content (AvgIpc) is 2.35. The number of nitrogens with two attached hydrogens (primary N) is 1. The van der Waals surface area contributed by atoms with Crippen molar-refractivity contribution >= 4 is 17.3 Å². The van der Waals surface area contributed by atoms with E-state index in [1.54, 1.807) is 12.1 Å². The molecule has 106 valence electrons. The molecule has 0 heterocycles. The number of benzene rings is 1. The number of aliphatic hydroxyl groups excluding tert-OH is 1. The molecule has 5 heteroatoms. The first-order valence-electron chi connectivity index (χ1n) is 6.23. The number of anilines is 2. The van der Waals surface area contributed by atoms with Crippen molar-refractivity contribution in [3.63, 3.8) is 0 Å².